The highest BCUT2D eigenvalue weighted by atomic mass is 32.2. The fourth-order valence-corrected chi connectivity index (χ4v) is 4.51. The molecule has 0 atom stereocenters. The van der Waals surface area contributed by atoms with Crippen LogP contribution in [0.15, 0.2) is 36.5 Å². The van der Waals surface area contributed by atoms with Gasteiger partial charge in [-0.1, -0.05) is 0 Å². The number of carbonyl (C=O) groups is 1. The van der Waals surface area contributed by atoms with Crippen molar-refractivity contribution in [3.05, 3.63) is 53.2 Å². The molecule has 0 saturated heterocycles. The van der Waals surface area contributed by atoms with Gasteiger partial charge in [-0.05, 0) is 24.3 Å². The number of benzene rings is 2. The van der Waals surface area contributed by atoms with Gasteiger partial charge in [-0.15, -0.1) is 0 Å². The number of hydrogen-bond donors (Lipinski definition) is 1. The molecule has 1 amide bonds. The van der Waals surface area contributed by atoms with E-state index in [0.717, 1.165) is 16.1 Å². The fourth-order valence-electron chi connectivity index (χ4n) is 3.97. The quantitative estimate of drug-likeness (QED) is 0.606. The summed E-state index contributed by atoms with van der Waals surface area (Å²) in [5.74, 6) is 0.507. The lowest BCUT2D eigenvalue weighted by Crippen LogP contribution is -2.26. The zero-order valence-electron chi connectivity index (χ0n) is 18.1. The first-order chi connectivity index (χ1) is 15.2. The summed E-state index contributed by atoms with van der Waals surface area (Å²) in [7, 11) is 0.873. The molecule has 0 aliphatic carbocycles. The zero-order chi connectivity index (χ0) is 23.2. The molecule has 168 valence electrons. The molecule has 9 nitrogen and oxygen atoms in total. The summed E-state index contributed by atoms with van der Waals surface area (Å²) in [6.45, 7) is 0.322. The Balaban J connectivity index is 1.85. The van der Waals surface area contributed by atoms with Crippen molar-refractivity contribution in [2.45, 2.75) is 13.1 Å². The van der Waals surface area contributed by atoms with Crippen LogP contribution in [0, 0.1) is 0 Å². The minimum absolute atomic E-state index is 0.0641. The third-order valence-corrected chi connectivity index (χ3v) is 6.81. The van der Waals surface area contributed by atoms with Crippen molar-refractivity contribution in [2.75, 3.05) is 31.8 Å². The average Bonchev–Trinajstić information content (AvgIpc) is 3.09. The zero-order valence-corrected chi connectivity index (χ0v) is 18.9. The van der Waals surface area contributed by atoms with Crippen molar-refractivity contribution >= 4 is 32.5 Å². The molecule has 0 saturated carbocycles. The van der Waals surface area contributed by atoms with Gasteiger partial charge in [0.15, 0.2) is 5.75 Å². The van der Waals surface area contributed by atoms with Gasteiger partial charge in [0.2, 0.25) is 10.0 Å². The molecule has 1 aliphatic rings. The standard InChI is InChI=1S/C22H23N3O6S/c1-24(32(4,28)29)20-15-6-5-9-23-19(15)21(26)18-16(20)12-25(22(18)27)11-13-7-8-14(30-2)10-17(13)31-3/h5-10,26H,11-12H2,1-4H3. The number of fused-ring (bicyclic) bond motifs is 2. The Kier molecular flexibility index (Phi) is 5.33. The molecule has 32 heavy (non-hydrogen) atoms. The third-order valence-electron chi connectivity index (χ3n) is 5.63. The van der Waals surface area contributed by atoms with Crippen LogP contribution < -0.4 is 13.8 Å². The van der Waals surface area contributed by atoms with Crippen molar-refractivity contribution in [2.24, 2.45) is 0 Å². The molecule has 0 fully saturated rings. The number of sulfonamides is 1. The minimum Gasteiger partial charge on any atom is -0.505 e. The van der Waals surface area contributed by atoms with Crippen LogP contribution in [0.5, 0.6) is 17.2 Å². The van der Waals surface area contributed by atoms with E-state index in [1.807, 2.05) is 0 Å². The maximum absolute atomic E-state index is 13.3. The van der Waals surface area contributed by atoms with E-state index in [-0.39, 0.29) is 29.9 Å². The van der Waals surface area contributed by atoms with Gasteiger partial charge in [0, 0.05) is 48.9 Å². The van der Waals surface area contributed by atoms with Gasteiger partial charge >= 0.3 is 0 Å². The van der Waals surface area contributed by atoms with E-state index >= 15 is 0 Å². The Hall–Kier alpha value is -3.53. The van der Waals surface area contributed by atoms with Crippen LogP contribution in [0.3, 0.4) is 0 Å². The molecule has 10 heteroatoms. The van der Waals surface area contributed by atoms with Crippen LogP contribution in [-0.2, 0) is 23.1 Å². The second kappa shape index (κ2) is 7.86. The van der Waals surface area contributed by atoms with Gasteiger partial charge in [0.25, 0.3) is 5.91 Å². The molecule has 0 spiro atoms. The van der Waals surface area contributed by atoms with Crippen molar-refractivity contribution in [3.8, 4) is 17.2 Å². The maximum Gasteiger partial charge on any atom is 0.258 e. The third kappa shape index (κ3) is 3.46. The number of pyridine rings is 1. The normalized spacial score (nSPS) is 13.4. The Bertz CT molecular complexity index is 1340. The summed E-state index contributed by atoms with van der Waals surface area (Å²) < 4.78 is 36.5. The van der Waals surface area contributed by atoms with Crippen LogP contribution in [0.25, 0.3) is 10.9 Å². The summed E-state index contributed by atoms with van der Waals surface area (Å²) in [6.07, 6.45) is 2.57. The molecule has 1 N–H and O–H groups in total. The Morgan fingerprint density at radius 1 is 1.22 bits per heavy atom. The van der Waals surface area contributed by atoms with Crippen molar-refractivity contribution in [1.82, 2.24) is 9.88 Å². The molecule has 0 radical (unpaired) electrons. The number of phenols is 1. The number of methoxy groups -OCH3 is 2. The highest BCUT2D eigenvalue weighted by Gasteiger charge is 2.37. The van der Waals surface area contributed by atoms with E-state index in [0.29, 0.717) is 28.1 Å². The predicted molar refractivity (Wildman–Crippen MR) is 120 cm³/mol. The molecule has 1 aliphatic heterocycles. The first-order valence-electron chi connectivity index (χ1n) is 9.74. The van der Waals surface area contributed by atoms with Gasteiger partial charge in [-0.25, -0.2) is 8.42 Å². The SMILES string of the molecule is COc1ccc(CN2Cc3c(c(O)c4ncccc4c3N(C)S(C)(=O)=O)C2=O)c(OC)c1. The summed E-state index contributed by atoms with van der Waals surface area (Å²) >= 11 is 0. The topological polar surface area (TPSA) is 109 Å². The van der Waals surface area contributed by atoms with Crippen LogP contribution >= 0.6 is 0 Å². The average molecular weight is 458 g/mol. The van der Waals surface area contributed by atoms with E-state index in [1.54, 1.807) is 37.4 Å². The van der Waals surface area contributed by atoms with Crippen molar-refractivity contribution in [1.29, 1.82) is 0 Å². The Labute approximate surface area is 185 Å². The molecule has 3 aromatic rings. The van der Waals surface area contributed by atoms with Crippen LogP contribution in [0.1, 0.15) is 21.5 Å². The molecule has 0 unspecified atom stereocenters. The molecule has 2 heterocycles. The molecule has 2 aromatic carbocycles. The summed E-state index contributed by atoms with van der Waals surface area (Å²) in [4.78, 5) is 19.0. The highest BCUT2D eigenvalue weighted by molar-refractivity contribution is 7.92. The van der Waals surface area contributed by atoms with Crippen LogP contribution in [0.2, 0.25) is 0 Å². The number of carbonyl (C=O) groups excluding carboxylic acids is 1. The van der Waals surface area contributed by atoms with E-state index in [2.05, 4.69) is 4.98 Å². The van der Waals surface area contributed by atoms with Gasteiger partial charge in [0.1, 0.15) is 17.0 Å². The van der Waals surface area contributed by atoms with Crippen LogP contribution in [-0.4, -0.2) is 56.8 Å². The number of anilines is 1. The number of hydrogen-bond acceptors (Lipinski definition) is 7. The summed E-state index contributed by atoms with van der Waals surface area (Å²) in [6, 6.07) is 8.63. The first kappa shape index (κ1) is 21.7. The van der Waals surface area contributed by atoms with Crippen LogP contribution in [0.4, 0.5) is 5.69 Å². The van der Waals surface area contributed by atoms with E-state index in [9.17, 15) is 18.3 Å². The van der Waals surface area contributed by atoms with Gasteiger partial charge in [-0.2, -0.15) is 0 Å². The number of ether oxygens (including phenoxy) is 2. The summed E-state index contributed by atoms with van der Waals surface area (Å²) in [5, 5.41) is 11.3. The first-order valence-corrected chi connectivity index (χ1v) is 11.6. The van der Waals surface area contributed by atoms with Gasteiger partial charge in [-0.3, -0.25) is 14.1 Å². The number of amides is 1. The van der Waals surface area contributed by atoms with Gasteiger partial charge < -0.3 is 19.5 Å². The second-order valence-electron chi connectivity index (χ2n) is 7.52. The molecule has 1 aromatic heterocycles. The molecule has 4 rings (SSSR count). The molecule has 0 bridgehead atoms. The Morgan fingerprint density at radius 2 is 1.97 bits per heavy atom. The minimum atomic E-state index is -3.63. The monoisotopic (exact) mass is 457 g/mol. The smallest absolute Gasteiger partial charge is 0.258 e. The van der Waals surface area contributed by atoms with E-state index in [4.69, 9.17) is 9.47 Å². The molecular formula is C22H23N3O6S. The second-order valence-corrected chi connectivity index (χ2v) is 9.53. The van der Waals surface area contributed by atoms with E-state index < -0.39 is 15.9 Å². The number of rotatable bonds is 6. The van der Waals surface area contributed by atoms with Crippen molar-refractivity contribution < 1.29 is 27.8 Å². The summed E-state index contributed by atoms with van der Waals surface area (Å²) in [5.41, 5.74) is 1.76. The predicted octanol–water partition coefficient (Wildman–Crippen LogP) is 2.51. The number of aromatic hydroxyl groups is 1. The molecular weight excluding hydrogens is 434 g/mol. The number of aromatic nitrogens is 1. The Morgan fingerprint density at radius 3 is 2.62 bits per heavy atom. The fraction of sp³-hybridized carbons (Fsp3) is 0.273. The maximum atomic E-state index is 13.3. The highest BCUT2D eigenvalue weighted by Crippen LogP contribution is 2.44. The number of nitrogens with zero attached hydrogens (tertiary/aromatic N) is 3. The largest absolute Gasteiger partial charge is 0.505 e. The van der Waals surface area contributed by atoms with E-state index in [1.165, 1.54) is 25.3 Å². The lowest BCUT2D eigenvalue weighted by atomic mass is 10.0. The lowest BCUT2D eigenvalue weighted by Gasteiger charge is -2.22. The van der Waals surface area contributed by atoms with Crippen molar-refractivity contribution in [3.63, 3.8) is 0 Å². The van der Waals surface area contributed by atoms with Gasteiger partial charge in [0.05, 0.1) is 31.7 Å². The number of phenolic OH excluding ortho intramolecular Hbond substituents is 1. The lowest BCUT2D eigenvalue weighted by molar-refractivity contribution is 0.0763.